The molecule has 1 aromatic heterocycles. The molecule has 0 amide bonds. The number of pyridine rings is 1. The zero-order valence-corrected chi connectivity index (χ0v) is 19.9. The summed E-state index contributed by atoms with van der Waals surface area (Å²) in [6.45, 7) is 1.08. The van der Waals surface area contributed by atoms with E-state index < -0.39 is 34.9 Å². The summed E-state index contributed by atoms with van der Waals surface area (Å²) in [6.07, 6.45) is 4.87. The average molecular weight is 497 g/mol. The van der Waals surface area contributed by atoms with Crippen LogP contribution in [0.4, 0.5) is 13.2 Å². The van der Waals surface area contributed by atoms with Crippen molar-refractivity contribution in [3.8, 4) is 17.6 Å². The van der Waals surface area contributed by atoms with Gasteiger partial charge in [0.25, 0.3) is 0 Å². The minimum absolute atomic E-state index is 0.0208. The van der Waals surface area contributed by atoms with Crippen molar-refractivity contribution in [2.45, 2.75) is 25.7 Å². The number of aliphatic carboxylic acids is 1. The highest BCUT2D eigenvalue weighted by Crippen LogP contribution is 2.30. The summed E-state index contributed by atoms with van der Waals surface area (Å²) in [5.74, 6) is 0.986. The molecule has 2 atom stereocenters. The number of carboxylic acids is 1. The van der Waals surface area contributed by atoms with Crippen LogP contribution in [-0.2, 0) is 11.2 Å². The Morgan fingerprint density at radius 1 is 1.19 bits per heavy atom. The molecule has 0 bridgehead atoms. The van der Waals surface area contributed by atoms with Crippen molar-refractivity contribution in [2.24, 2.45) is 11.8 Å². The van der Waals surface area contributed by atoms with Gasteiger partial charge in [0.15, 0.2) is 11.6 Å². The van der Waals surface area contributed by atoms with E-state index in [-0.39, 0.29) is 12.5 Å². The summed E-state index contributed by atoms with van der Waals surface area (Å²) >= 11 is 0. The predicted octanol–water partition coefficient (Wildman–Crippen LogP) is 5.06. The molecule has 1 N–H and O–H groups in total. The first-order chi connectivity index (χ1) is 17.4. The second kappa shape index (κ2) is 11.4. The molecule has 36 heavy (non-hydrogen) atoms. The number of carbonyl (C=O) groups is 1. The molecule has 0 saturated carbocycles. The first-order valence-electron chi connectivity index (χ1n) is 11.9. The number of hydrogen-bond donors (Lipinski definition) is 1. The molecule has 1 aliphatic heterocycles. The monoisotopic (exact) mass is 496 g/mol. The molecule has 8 heteroatoms. The van der Waals surface area contributed by atoms with E-state index in [2.05, 4.69) is 16.8 Å². The molecule has 2 aromatic carbocycles. The molecule has 5 nitrogen and oxygen atoms in total. The van der Waals surface area contributed by atoms with Gasteiger partial charge >= 0.3 is 5.97 Å². The maximum atomic E-state index is 13.8. The average Bonchev–Trinajstić information content (AvgIpc) is 2.88. The number of aromatic nitrogens is 1. The molecular formula is C28H27F3N2O3. The van der Waals surface area contributed by atoms with Crippen molar-refractivity contribution < 1.29 is 27.8 Å². The molecule has 0 radical (unpaired) electrons. The van der Waals surface area contributed by atoms with E-state index in [0.717, 1.165) is 47.5 Å². The zero-order valence-electron chi connectivity index (χ0n) is 19.9. The lowest BCUT2D eigenvalue weighted by Gasteiger charge is -2.35. The number of piperidine rings is 1. The van der Waals surface area contributed by atoms with Crippen LogP contribution in [0, 0.1) is 41.1 Å². The Balaban J connectivity index is 1.36. The lowest BCUT2D eigenvalue weighted by molar-refractivity contribution is -0.146. The lowest BCUT2D eigenvalue weighted by Crippen LogP contribution is -2.44. The number of methoxy groups -OCH3 is 1. The van der Waals surface area contributed by atoms with Crippen LogP contribution in [0.5, 0.6) is 5.75 Å². The van der Waals surface area contributed by atoms with Crippen molar-refractivity contribution in [1.82, 2.24) is 9.88 Å². The number of nitrogens with zero attached hydrogens (tertiary/aromatic N) is 2. The molecule has 3 aromatic rings. The Morgan fingerprint density at radius 2 is 2.00 bits per heavy atom. The number of likely N-dealkylation sites (tertiary alicyclic amines) is 1. The van der Waals surface area contributed by atoms with Gasteiger partial charge in [0.2, 0.25) is 0 Å². The molecule has 0 spiro atoms. The summed E-state index contributed by atoms with van der Waals surface area (Å²) in [6, 6.07) is 9.31. The maximum Gasteiger partial charge on any atom is 0.308 e. The fourth-order valence-corrected chi connectivity index (χ4v) is 4.80. The van der Waals surface area contributed by atoms with E-state index in [1.165, 1.54) is 0 Å². The first kappa shape index (κ1) is 25.5. The van der Waals surface area contributed by atoms with Crippen LogP contribution >= 0.6 is 0 Å². The molecule has 0 unspecified atom stereocenters. The normalized spacial score (nSPS) is 18.0. The summed E-state index contributed by atoms with van der Waals surface area (Å²) in [5, 5.41) is 10.9. The summed E-state index contributed by atoms with van der Waals surface area (Å²) in [7, 11) is 1.62. The van der Waals surface area contributed by atoms with Gasteiger partial charge in [-0.1, -0.05) is 11.8 Å². The van der Waals surface area contributed by atoms with E-state index >= 15 is 0 Å². The van der Waals surface area contributed by atoms with Gasteiger partial charge in [-0.25, -0.2) is 13.2 Å². The van der Waals surface area contributed by atoms with Crippen molar-refractivity contribution in [3.05, 3.63) is 71.2 Å². The zero-order chi connectivity index (χ0) is 25.7. The molecule has 0 aliphatic carbocycles. The lowest BCUT2D eigenvalue weighted by atomic mass is 9.81. The fraction of sp³-hybridized carbons (Fsp3) is 0.357. The van der Waals surface area contributed by atoms with Crippen LogP contribution in [0.25, 0.3) is 10.9 Å². The summed E-state index contributed by atoms with van der Waals surface area (Å²) in [4.78, 5) is 18.3. The van der Waals surface area contributed by atoms with Gasteiger partial charge in [0.05, 0.1) is 30.7 Å². The van der Waals surface area contributed by atoms with Crippen LogP contribution in [-0.4, -0.2) is 47.7 Å². The van der Waals surface area contributed by atoms with E-state index in [0.29, 0.717) is 25.6 Å². The van der Waals surface area contributed by atoms with Gasteiger partial charge in [-0.3, -0.25) is 14.7 Å². The Bertz CT molecular complexity index is 1320. The molecule has 1 aliphatic rings. The van der Waals surface area contributed by atoms with Crippen LogP contribution in [0.3, 0.4) is 0 Å². The van der Waals surface area contributed by atoms with Crippen LogP contribution in [0.2, 0.25) is 0 Å². The van der Waals surface area contributed by atoms with Gasteiger partial charge in [-0.15, -0.1) is 0 Å². The largest absolute Gasteiger partial charge is 0.497 e. The third-order valence-corrected chi connectivity index (χ3v) is 6.78. The standard InChI is InChI=1S/C28H27F3N2O3/c1-36-20-7-10-26-22(16-20)18(11-13-32-26)4-2-5-19-12-15-33(17-23(19)28(34)35)14-3-6-21-24(29)8-9-25(30)27(21)31/h7-11,13,16,19,23H,2,4-5,12,14-15,17H2,1H3,(H,34,35)/t19-,23+/m1/s1. The number of hydrogen-bond acceptors (Lipinski definition) is 4. The molecule has 1 fully saturated rings. The number of benzene rings is 2. The highest BCUT2D eigenvalue weighted by molar-refractivity contribution is 5.83. The molecule has 2 heterocycles. The van der Waals surface area contributed by atoms with Crippen LogP contribution < -0.4 is 4.74 Å². The number of ether oxygens (including phenoxy) is 1. The number of halogens is 3. The predicted molar refractivity (Wildman–Crippen MR) is 130 cm³/mol. The highest BCUT2D eigenvalue weighted by atomic mass is 19.2. The van der Waals surface area contributed by atoms with E-state index in [4.69, 9.17) is 4.74 Å². The third kappa shape index (κ3) is 5.80. The maximum absolute atomic E-state index is 13.8. The highest BCUT2D eigenvalue weighted by Gasteiger charge is 2.33. The van der Waals surface area contributed by atoms with E-state index in [9.17, 15) is 23.1 Å². The summed E-state index contributed by atoms with van der Waals surface area (Å²) < 4.78 is 46.3. The number of carboxylic acid groups (broad SMARTS) is 1. The van der Waals surface area contributed by atoms with E-state index in [1.807, 2.05) is 29.2 Å². The Morgan fingerprint density at radius 3 is 2.78 bits per heavy atom. The third-order valence-electron chi connectivity index (χ3n) is 6.78. The summed E-state index contributed by atoms with van der Waals surface area (Å²) in [5.41, 5.74) is 1.43. The topological polar surface area (TPSA) is 62.7 Å². The first-order valence-corrected chi connectivity index (χ1v) is 11.9. The molecule has 188 valence electrons. The van der Waals surface area contributed by atoms with Gasteiger partial charge < -0.3 is 9.84 Å². The number of rotatable bonds is 7. The second-order valence-corrected chi connectivity index (χ2v) is 8.99. The van der Waals surface area contributed by atoms with Crippen molar-refractivity contribution in [1.29, 1.82) is 0 Å². The van der Waals surface area contributed by atoms with Gasteiger partial charge in [0.1, 0.15) is 11.6 Å². The fourth-order valence-electron chi connectivity index (χ4n) is 4.80. The minimum Gasteiger partial charge on any atom is -0.497 e. The Labute approximate surface area is 207 Å². The Hall–Kier alpha value is -3.57. The van der Waals surface area contributed by atoms with Crippen molar-refractivity contribution >= 4 is 16.9 Å². The van der Waals surface area contributed by atoms with Crippen LogP contribution in [0.15, 0.2) is 42.6 Å². The van der Waals surface area contributed by atoms with Crippen LogP contribution in [0.1, 0.15) is 30.4 Å². The number of fused-ring (bicyclic) bond motifs is 1. The molecule has 1 saturated heterocycles. The smallest absolute Gasteiger partial charge is 0.308 e. The Kier molecular flexibility index (Phi) is 8.11. The van der Waals surface area contributed by atoms with Crippen molar-refractivity contribution in [2.75, 3.05) is 26.7 Å². The quantitative estimate of drug-likeness (QED) is 0.366. The van der Waals surface area contributed by atoms with Gasteiger partial charge in [0, 0.05) is 18.1 Å². The van der Waals surface area contributed by atoms with Crippen molar-refractivity contribution in [3.63, 3.8) is 0 Å². The number of aryl methyl sites for hydroxylation is 1. The van der Waals surface area contributed by atoms with Gasteiger partial charge in [-0.05, 0) is 80.1 Å². The second-order valence-electron chi connectivity index (χ2n) is 8.99. The van der Waals surface area contributed by atoms with E-state index in [1.54, 1.807) is 13.3 Å². The minimum atomic E-state index is -1.31. The van der Waals surface area contributed by atoms with Gasteiger partial charge in [-0.2, -0.15) is 0 Å². The molecule has 4 rings (SSSR count). The molecular weight excluding hydrogens is 469 g/mol. The SMILES string of the molecule is COc1ccc2nccc(CCC[C@@H]3CCN(CC#Cc4c(F)ccc(F)c4F)C[C@@H]3C(=O)O)c2c1.